The fraction of sp³-hybridized carbons (Fsp3) is 0.387. The van der Waals surface area contributed by atoms with Crippen LogP contribution in [0.25, 0.3) is 16.9 Å². The number of hydrogen-bond donors (Lipinski definition) is 3. The van der Waals surface area contributed by atoms with Crippen LogP contribution < -0.4 is 10.6 Å². The van der Waals surface area contributed by atoms with Crippen LogP contribution >= 0.6 is 0 Å². The molecule has 44 heavy (non-hydrogen) atoms. The maximum Gasteiger partial charge on any atom is 0.320 e. The van der Waals surface area contributed by atoms with Gasteiger partial charge in [0.15, 0.2) is 11.6 Å². The second kappa shape index (κ2) is 12.8. The number of anilines is 1. The quantitative estimate of drug-likeness (QED) is 0.254. The smallest absolute Gasteiger partial charge is 0.320 e. The summed E-state index contributed by atoms with van der Waals surface area (Å²) >= 11 is 0. The summed E-state index contributed by atoms with van der Waals surface area (Å²) in [5.74, 6) is -1.36. The number of aliphatic hydroxyl groups excluding tert-OH is 1. The van der Waals surface area contributed by atoms with Crippen molar-refractivity contribution in [3.8, 4) is 16.9 Å². The Kier molecular flexibility index (Phi) is 8.71. The van der Waals surface area contributed by atoms with Gasteiger partial charge in [0.1, 0.15) is 5.82 Å². The number of halogens is 2. The first-order valence-corrected chi connectivity index (χ1v) is 14.6. The van der Waals surface area contributed by atoms with Gasteiger partial charge in [-0.1, -0.05) is 18.2 Å². The third-order valence-corrected chi connectivity index (χ3v) is 8.30. The predicted octanol–water partition coefficient (Wildman–Crippen LogP) is 3.32. The van der Waals surface area contributed by atoms with E-state index in [2.05, 4.69) is 31.5 Å². The molecule has 0 radical (unpaired) electrons. The van der Waals surface area contributed by atoms with Crippen LogP contribution in [0.5, 0.6) is 0 Å². The molecule has 1 aromatic carbocycles. The number of rotatable bonds is 10. The largest absolute Gasteiger partial charge is 0.395 e. The maximum absolute atomic E-state index is 13.9. The molecule has 4 aromatic rings. The van der Waals surface area contributed by atoms with Crippen molar-refractivity contribution in [3.05, 3.63) is 83.4 Å². The second-order valence-electron chi connectivity index (χ2n) is 11.3. The van der Waals surface area contributed by atoms with Gasteiger partial charge in [-0.15, -0.1) is 0 Å². The summed E-state index contributed by atoms with van der Waals surface area (Å²) in [6.07, 6.45) is 4.05. The number of nitrogens with one attached hydrogen (secondary N) is 2. The Morgan fingerprint density at radius 2 is 1.86 bits per heavy atom. The summed E-state index contributed by atoms with van der Waals surface area (Å²) in [5, 5.41) is 20.3. The molecule has 2 unspecified atom stereocenters. The normalized spacial score (nSPS) is 18.6. The van der Waals surface area contributed by atoms with Crippen molar-refractivity contribution in [2.75, 3.05) is 51.8 Å². The lowest BCUT2D eigenvalue weighted by Crippen LogP contribution is -2.43. The number of fused-ring (bicyclic) bond motifs is 1. The monoisotopic (exact) mass is 606 g/mol. The summed E-state index contributed by atoms with van der Waals surface area (Å²) < 4.78 is 36.3. The first-order chi connectivity index (χ1) is 21.3. The number of hydrogen-bond acceptors (Lipinski definition) is 7. The van der Waals surface area contributed by atoms with Crippen molar-refractivity contribution in [2.24, 2.45) is 0 Å². The Hall–Kier alpha value is -4.17. The van der Waals surface area contributed by atoms with Crippen molar-refractivity contribution >= 4 is 11.8 Å². The number of methoxy groups -OCH3 is 1. The molecule has 11 nitrogen and oxygen atoms in total. The lowest BCUT2D eigenvalue weighted by Gasteiger charge is -2.22. The van der Waals surface area contributed by atoms with Gasteiger partial charge in [-0.2, -0.15) is 5.10 Å². The zero-order valence-electron chi connectivity index (χ0n) is 24.7. The molecular weight excluding hydrogens is 570 g/mol. The molecule has 2 amide bonds. The third kappa shape index (κ3) is 6.09. The zero-order chi connectivity index (χ0) is 30.8. The van der Waals surface area contributed by atoms with Gasteiger partial charge in [-0.25, -0.2) is 18.3 Å². The van der Waals surface area contributed by atoms with Crippen LogP contribution in [0, 0.1) is 18.6 Å². The number of carbonyl (C=O) groups excluding carboxylic acids is 1. The Morgan fingerprint density at radius 3 is 2.59 bits per heavy atom. The molecule has 0 spiro atoms. The number of ether oxygens (including phenoxy) is 1. The highest BCUT2D eigenvalue weighted by Gasteiger charge is 2.36. The minimum Gasteiger partial charge on any atom is -0.395 e. The molecule has 2 atom stereocenters. The maximum atomic E-state index is 13.9. The summed E-state index contributed by atoms with van der Waals surface area (Å²) in [4.78, 5) is 22.5. The molecule has 13 heteroatoms. The van der Waals surface area contributed by atoms with E-state index < -0.39 is 23.7 Å². The van der Waals surface area contributed by atoms with Crippen LogP contribution in [0.2, 0.25) is 0 Å². The summed E-state index contributed by atoms with van der Waals surface area (Å²) in [6, 6.07) is 10.3. The second-order valence-corrected chi connectivity index (χ2v) is 11.3. The number of aromatic nitrogens is 4. The molecule has 0 aliphatic carbocycles. The van der Waals surface area contributed by atoms with Crippen LogP contribution in [-0.4, -0.2) is 92.8 Å². The number of carbonyl (C=O) groups is 1. The fourth-order valence-electron chi connectivity index (χ4n) is 6.07. The van der Waals surface area contributed by atoms with Crippen LogP contribution in [0.4, 0.5) is 19.4 Å². The van der Waals surface area contributed by atoms with E-state index in [1.165, 1.54) is 4.57 Å². The number of β-amino-alcohol motifs (C(OH)–C–C–N with tert-alkyl or cyclic N) is 1. The Morgan fingerprint density at radius 1 is 1.09 bits per heavy atom. The van der Waals surface area contributed by atoms with E-state index in [1.54, 1.807) is 18.0 Å². The van der Waals surface area contributed by atoms with Gasteiger partial charge < -0.3 is 19.7 Å². The Balaban J connectivity index is 1.27. The third-order valence-electron chi connectivity index (χ3n) is 8.30. The van der Waals surface area contributed by atoms with Crippen LogP contribution in [0.1, 0.15) is 22.9 Å². The number of amides is 2. The molecule has 3 aromatic heterocycles. The van der Waals surface area contributed by atoms with Gasteiger partial charge in [0.2, 0.25) is 0 Å². The van der Waals surface area contributed by atoms with Crippen molar-refractivity contribution in [1.29, 1.82) is 0 Å². The topological polar surface area (TPSA) is 113 Å². The molecule has 0 bridgehead atoms. The molecule has 3 N–H and O–H groups in total. The van der Waals surface area contributed by atoms with Gasteiger partial charge in [0.25, 0.3) is 0 Å². The van der Waals surface area contributed by atoms with Crippen molar-refractivity contribution in [2.45, 2.75) is 32.1 Å². The SMILES string of the molecule is COCCN1CC(NC(=O)Nc2c(C)c(-c3cnc4c(c3)CN(CCO)C4)nn2-c2ccccc2)C(n2cc(F)c(F)c2)C1. The Labute approximate surface area is 254 Å². The van der Waals surface area contributed by atoms with Crippen molar-refractivity contribution < 1.29 is 23.4 Å². The molecule has 1 saturated heterocycles. The number of aliphatic hydroxyl groups is 1. The highest BCUT2D eigenvalue weighted by atomic mass is 19.2. The van der Waals surface area contributed by atoms with E-state index in [9.17, 15) is 18.7 Å². The van der Waals surface area contributed by atoms with E-state index in [0.29, 0.717) is 57.4 Å². The van der Waals surface area contributed by atoms with Gasteiger partial charge in [0, 0.05) is 76.1 Å². The van der Waals surface area contributed by atoms with Crippen molar-refractivity contribution in [3.63, 3.8) is 0 Å². The van der Waals surface area contributed by atoms with Crippen LogP contribution in [0.3, 0.4) is 0 Å². The Bertz CT molecular complexity index is 1610. The van der Waals surface area contributed by atoms with Crippen LogP contribution in [0.15, 0.2) is 55.0 Å². The number of para-hydroxylation sites is 1. The number of likely N-dealkylation sites (tertiary alicyclic amines) is 1. The van der Waals surface area contributed by atoms with E-state index in [4.69, 9.17) is 9.84 Å². The minimum atomic E-state index is -0.930. The first-order valence-electron chi connectivity index (χ1n) is 14.6. The van der Waals surface area contributed by atoms with E-state index >= 15 is 0 Å². The number of pyridine rings is 1. The lowest BCUT2D eigenvalue weighted by molar-refractivity contribution is 0.158. The van der Waals surface area contributed by atoms with E-state index in [-0.39, 0.29) is 12.6 Å². The van der Waals surface area contributed by atoms with E-state index in [1.807, 2.05) is 37.3 Å². The highest BCUT2D eigenvalue weighted by Crippen LogP contribution is 2.33. The van der Waals surface area contributed by atoms with Gasteiger partial charge in [0.05, 0.1) is 42.4 Å². The molecule has 2 aliphatic heterocycles. The van der Waals surface area contributed by atoms with Gasteiger partial charge >= 0.3 is 6.03 Å². The molecule has 6 rings (SSSR count). The number of urea groups is 1. The summed E-state index contributed by atoms with van der Waals surface area (Å²) in [7, 11) is 1.62. The van der Waals surface area contributed by atoms with Crippen LogP contribution in [-0.2, 0) is 17.8 Å². The summed E-state index contributed by atoms with van der Waals surface area (Å²) in [6.45, 7) is 6.05. The van der Waals surface area contributed by atoms with E-state index in [0.717, 1.165) is 40.5 Å². The lowest BCUT2D eigenvalue weighted by atomic mass is 10.1. The number of benzene rings is 1. The molecule has 1 fully saturated rings. The van der Waals surface area contributed by atoms with Gasteiger partial charge in [-0.3, -0.25) is 20.1 Å². The first kappa shape index (κ1) is 29.9. The predicted molar refractivity (Wildman–Crippen MR) is 160 cm³/mol. The molecule has 0 saturated carbocycles. The van der Waals surface area contributed by atoms with Gasteiger partial charge in [-0.05, 0) is 30.7 Å². The standard InChI is InChI=1S/C31H36F2N8O3/c1-20-29(21-12-22-14-38(8-10-42)17-26(22)34-13-21)37-41(23-6-4-3-5-7-23)30(20)36-31(43)35-27-18-39(9-11-44-2)19-28(27)40-15-24(32)25(33)16-40/h3-7,12-13,15-16,27-28,42H,8-11,14,17-19H2,1-2H3,(H2,35,36,43). The average molecular weight is 607 g/mol. The van der Waals surface area contributed by atoms with Crippen molar-refractivity contribution in [1.82, 2.24) is 34.4 Å². The highest BCUT2D eigenvalue weighted by molar-refractivity contribution is 5.91. The molecular formula is C31H36F2N8O3. The molecule has 2 aliphatic rings. The zero-order valence-corrected chi connectivity index (χ0v) is 24.7. The fourth-order valence-corrected chi connectivity index (χ4v) is 6.07. The molecule has 5 heterocycles. The molecule has 232 valence electrons. The summed E-state index contributed by atoms with van der Waals surface area (Å²) in [5.41, 5.74) is 5.10. The average Bonchev–Trinajstić information content (AvgIpc) is 3.77. The number of nitrogens with zero attached hydrogens (tertiary/aromatic N) is 6. The minimum absolute atomic E-state index is 0.0878.